The third kappa shape index (κ3) is 5.71. The van der Waals surface area contributed by atoms with E-state index in [0.29, 0.717) is 23.1 Å². The number of hydrogen-bond donors (Lipinski definition) is 2. The minimum absolute atomic E-state index is 0.0502. The lowest BCUT2D eigenvalue weighted by Crippen LogP contribution is -2.58. The van der Waals surface area contributed by atoms with E-state index in [4.69, 9.17) is 23.2 Å². The highest BCUT2D eigenvalue weighted by Gasteiger charge is 2.50. The highest BCUT2D eigenvalue weighted by molar-refractivity contribution is 7.89. The van der Waals surface area contributed by atoms with Crippen molar-refractivity contribution in [3.05, 3.63) is 88.2 Å². The average molecular weight is 579 g/mol. The summed E-state index contributed by atoms with van der Waals surface area (Å²) in [6, 6.07) is 15.6. The van der Waals surface area contributed by atoms with Gasteiger partial charge < -0.3 is 10.4 Å². The van der Waals surface area contributed by atoms with Crippen LogP contribution in [0.5, 0.6) is 0 Å². The monoisotopic (exact) mass is 578 g/mol. The van der Waals surface area contributed by atoms with Gasteiger partial charge in [0.2, 0.25) is 15.9 Å². The first-order chi connectivity index (χ1) is 17.9. The number of carboxylic acid groups (broad SMARTS) is 1. The summed E-state index contributed by atoms with van der Waals surface area (Å²) in [6.07, 6.45) is 0.564. The molecule has 11 heteroatoms. The van der Waals surface area contributed by atoms with Crippen molar-refractivity contribution in [3.63, 3.8) is 0 Å². The van der Waals surface area contributed by atoms with Gasteiger partial charge in [0.05, 0.1) is 4.90 Å². The topological polar surface area (TPSA) is 104 Å². The summed E-state index contributed by atoms with van der Waals surface area (Å²) in [4.78, 5) is 25.3. The fraction of sp³-hybridized carbons (Fsp3) is 0.259. The second-order valence-corrected chi connectivity index (χ2v) is 12.0. The standard InChI is InChI=1S/C27H25Cl2FN2O5S/c1-27(11-4-12-32(27)38(36,37)21-15-19(28)14-20(29)16-21)26(35)31-24(25(33)34)13-17-7-9-18(10-8-17)22-5-2-3-6-23(22)30/h2-3,5-10,14-16,24H,4,11-13H2,1H3,(H,31,35)(H,33,34)/t24-,27-/m0/s1. The van der Waals surface area contributed by atoms with E-state index in [0.717, 1.165) is 4.31 Å². The van der Waals surface area contributed by atoms with E-state index in [9.17, 15) is 27.5 Å². The molecule has 3 aromatic rings. The fourth-order valence-corrected chi connectivity index (χ4v) is 7.16. The summed E-state index contributed by atoms with van der Waals surface area (Å²) in [6.45, 7) is 1.55. The first kappa shape index (κ1) is 28.0. The number of carboxylic acids is 1. The van der Waals surface area contributed by atoms with Crippen LogP contribution < -0.4 is 5.32 Å². The van der Waals surface area contributed by atoms with Crippen molar-refractivity contribution < 1.29 is 27.5 Å². The smallest absolute Gasteiger partial charge is 0.326 e. The summed E-state index contributed by atoms with van der Waals surface area (Å²) in [5, 5.41) is 12.6. The van der Waals surface area contributed by atoms with E-state index >= 15 is 0 Å². The second kappa shape index (κ2) is 11.0. The quantitative estimate of drug-likeness (QED) is 0.384. The van der Waals surface area contributed by atoms with E-state index in [2.05, 4.69) is 5.32 Å². The molecule has 1 aliphatic heterocycles. The summed E-state index contributed by atoms with van der Waals surface area (Å²) in [7, 11) is -4.16. The zero-order chi connectivity index (χ0) is 27.7. The number of nitrogens with one attached hydrogen (secondary N) is 1. The number of rotatable bonds is 8. The van der Waals surface area contributed by atoms with Gasteiger partial charge in [0.25, 0.3) is 0 Å². The summed E-state index contributed by atoms with van der Waals surface area (Å²) < 4.78 is 42.0. The molecule has 7 nitrogen and oxygen atoms in total. The van der Waals surface area contributed by atoms with E-state index in [1.54, 1.807) is 42.5 Å². The van der Waals surface area contributed by atoms with Gasteiger partial charge in [0.1, 0.15) is 17.4 Å². The normalized spacial score (nSPS) is 18.7. The van der Waals surface area contributed by atoms with Crippen molar-refractivity contribution in [3.8, 4) is 11.1 Å². The molecule has 1 aliphatic rings. The van der Waals surface area contributed by atoms with Crippen molar-refractivity contribution in [1.29, 1.82) is 0 Å². The van der Waals surface area contributed by atoms with Crippen LogP contribution in [0, 0.1) is 5.82 Å². The second-order valence-electron chi connectivity index (χ2n) is 9.30. The lowest BCUT2D eigenvalue weighted by atomic mass is 9.97. The van der Waals surface area contributed by atoms with Gasteiger partial charge in [-0.05, 0) is 55.2 Å². The van der Waals surface area contributed by atoms with E-state index in [-0.39, 0.29) is 40.1 Å². The Hall–Kier alpha value is -2.98. The van der Waals surface area contributed by atoms with Crippen LogP contribution in [0.1, 0.15) is 25.3 Å². The Labute approximate surface area is 230 Å². The van der Waals surface area contributed by atoms with Crippen molar-refractivity contribution in [2.45, 2.75) is 42.7 Å². The molecule has 38 heavy (non-hydrogen) atoms. The lowest BCUT2D eigenvalue weighted by Gasteiger charge is -2.34. The SMILES string of the molecule is C[C@@]1(C(=O)N[C@@H](Cc2ccc(-c3ccccc3F)cc2)C(=O)O)CCCN1S(=O)(=O)c1cc(Cl)cc(Cl)c1. The first-order valence-corrected chi connectivity index (χ1v) is 14.0. The van der Waals surface area contributed by atoms with E-state index in [1.165, 1.54) is 31.2 Å². The molecule has 0 spiro atoms. The number of amides is 1. The molecule has 1 saturated heterocycles. The minimum atomic E-state index is -4.16. The summed E-state index contributed by atoms with van der Waals surface area (Å²) >= 11 is 12.0. The zero-order valence-corrected chi connectivity index (χ0v) is 22.7. The number of hydrogen-bond acceptors (Lipinski definition) is 4. The summed E-state index contributed by atoms with van der Waals surface area (Å²) in [5.41, 5.74) is 0.130. The maximum Gasteiger partial charge on any atom is 0.326 e. The molecule has 200 valence electrons. The molecule has 1 fully saturated rings. The van der Waals surface area contributed by atoms with Crippen molar-refractivity contribution in [2.24, 2.45) is 0 Å². The molecule has 1 heterocycles. The van der Waals surface area contributed by atoms with Gasteiger partial charge in [-0.2, -0.15) is 4.31 Å². The van der Waals surface area contributed by atoms with Gasteiger partial charge >= 0.3 is 5.97 Å². The predicted octanol–water partition coefficient (Wildman–Crippen LogP) is 5.15. The Morgan fingerprint density at radius 3 is 2.32 bits per heavy atom. The van der Waals surface area contributed by atoms with Crippen LogP contribution in [0.2, 0.25) is 10.0 Å². The zero-order valence-electron chi connectivity index (χ0n) is 20.3. The van der Waals surface area contributed by atoms with Gasteiger partial charge in [-0.25, -0.2) is 17.6 Å². The van der Waals surface area contributed by atoms with Gasteiger partial charge in [0.15, 0.2) is 0 Å². The number of carbonyl (C=O) groups is 2. The largest absolute Gasteiger partial charge is 0.480 e. The molecule has 2 N–H and O–H groups in total. The van der Waals surface area contributed by atoms with E-state index in [1.807, 2.05) is 0 Å². The molecule has 4 rings (SSSR count). The fourth-order valence-electron chi connectivity index (χ4n) is 4.62. The maximum atomic E-state index is 14.1. The lowest BCUT2D eigenvalue weighted by molar-refractivity contribution is -0.143. The van der Waals surface area contributed by atoms with Gasteiger partial charge in [-0.1, -0.05) is 65.7 Å². The molecule has 1 amide bonds. The molecule has 0 aromatic heterocycles. The Bertz CT molecular complexity index is 1460. The molecule has 0 unspecified atom stereocenters. The Kier molecular flexibility index (Phi) is 8.13. The Morgan fingerprint density at radius 1 is 1.08 bits per heavy atom. The third-order valence-electron chi connectivity index (χ3n) is 6.67. The van der Waals surface area contributed by atoms with Crippen molar-refractivity contribution in [2.75, 3.05) is 6.54 Å². The number of halogens is 3. The Balaban J connectivity index is 1.53. The minimum Gasteiger partial charge on any atom is -0.480 e. The van der Waals surface area contributed by atoms with E-state index < -0.39 is 33.5 Å². The molecular weight excluding hydrogens is 554 g/mol. The van der Waals surface area contributed by atoms with Gasteiger partial charge in [-0.3, -0.25) is 4.79 Å². The molecule has 0 saturated carbocycles. The van der Waals surface area contributed by atoms with Crippen LogP contribution in [0.15, 0.2) is 71.6 Å². The summed E-state index contributed by atoms with van der Waals surface area (Å²) in [5.74, 6) is -2.36. The number of nitrogens with zero attached hydrogens (tertiary/aromatic N) is 1. The van der Waals surface area contributed by atoms with Crippen LogP contribution in [-0.4, -0.2) is 47.8 Å². The first-order valence-electron chi connectivity index (χ1n) is 11.8. The average Bonchev–Trinajstić information content (AvgIpc) is 3.27. The van der Waals surface area contributed by atoms with Crippen LogP contribution in [0.4, 0.5) is 4.39 Å². The predicted molar refractivity (Wildman–Crippen MR) is 143 cm³/mol. The number of carbonyl (C=O) groups excluding carboxylic acids is 1. The maximum absolute atomic E-state index is 14.1. The van der Waals surface area contributed by atoms with Crippen LogP contribution in [-0.2, 0) is 26.0 Å². The van der Waals surface area contributed by atoms with Crippen LogP contribution >= 0.6 is 23.2 Å². The van der Waals surface area contributed by atoms with Crippen molar-refractivity contribution in [1.82, 2.24) is 9.62 Å². The molecule has 2 atom stereocenters. The molecule has 0 bridgehead atoms. The van der Waals surface area contributed by atoms with Crippen molar-refractivity contribution >= 4 is 45.1 Å². The third-order valence-corrected chi connectivity index (χ3v) is 9.10. The molecule has 3 aromatic carbocycles. The highest BCUT2D eigenvalue weighted by atomic mass is 35.5. The number of benzene rings is 3. The van der Waals surface area contributed by atoms with Crippen LogP contribution in [0.3, 0.4) is 0 Å². The Morgan fingerprint density at radius 2 is 1.71 bits per heavy atom. The molecular formula is C27H25Cl2FN2O5S. The van der Waals surface area contributed by atoms with Crippen LogP contribution in [0.25, 0.3) is 11.1 Å². The number of sulfonamides is 1. The van der Waals surface area contributed by atoms with Gasteiger partial charge in [0, 0.05) is 28.6 Å². The molecule has 0 radical (unpaired) electrons. The van der Waals surface area contributed by atoms with Gasteiger partial charge in [-0.15, -0.1) is 0 Å². The number of aliphatic carboxylic acids is 1. The highest BCUT2D eigenvalue weighted by Crippen LogP contribution is 2.36. The molecule has 0 aliphatic carbocycles.